The molecule has 2 N–H and O–H groups in total. The largest absolute Gasteiger partial charge is 0.368 e. The summed E-state index contributed by atoms with van der Waals surface area (Å²) in [5, 5.41) is 3.83. The molecule has 1 aliphatic heterocycles. The fourth-order valence-electron chi connectivity index (χ4n) is 3.39. The molecule has 2 heterocycles. The molecule has 1 aromatic carbocycles. The van der Waals surface area contributed by atoms with Crippen molar-refractivity contribution in [2.45, 2.75) is 26.3 Å². The smallest absolute Gasteiger partial charge is 0.260 e. The quantitative estimate of drug-likeness (QED) is 0.867. The van der Waals surface area contributed by atoms with Crippen LogP contribution in [0.15, 0.2) is 34.9 Å². The molecule has 138 valence electrons. The van der Waals surface area contributed by atoms with Gasteiger partial charge in [0, 0.05) is 26.2 Å². The number of amides is 2. The third kappa shape index (κ3) is 3.77. The van der Waals surface area contributed by atoms with Crippen LogP contribution in [0.25, 0.3) is 0 Å². The minimum atomic E-state index is -0.652. The van der Waals surface area contributed by atoms with E-state index in [9.17, 15) is 9.59 Å². The van der Waals surface area contributed by atoms with Crippen molar-refractivity contribution in [3.8, 4) is 0 Å². The van der Waals surface area contributed by atoms with Gasteiger partial charge in [0.15, 0.2) is 0 Å². The normalized spacial score (nSPS) is 18.1. The molecule has 2 amide bonds. The van der Waals surface area contributed by atoms with E-state index in [1.807, 2.05) is 18.2 Å². The van der Waals surface area contributed by atoms with Gasteiger partial charge in [-0.05, 0) is 25.8 Å². The number of rotatable bonds is 5. The van der Waals surface area contributed by atoms with Crippen LogP contribution in [0.5, 0.6) is 0 Å². The average molecular weight is 356 g/mol. The molecule has 1 atom stereocenters. The Labute approximate surface area is 152 Å². The molecule has 0 saturated carbocycles. The first-order valence-corrected chi connectivity index (χ1v) is 8.77. The average Bonchev–Trinajstić information content (AvgIpc) is 2.98. The van der Waals surface area contributed by atoms with Crippen LogP contribution in [0.2, 0.25) is 0 Å². The molecular formula is C19H24N4O3. The first-order chi connectivity index (χ1) is 12.5. The Balaban J connectivity index is 1.68. The highest BCUT2D eigenvalue weighted by Crippen LogP contribution is 2.19. The maximum absolute atomic E-state index is 12.9. The molecule has 1 aromatic heterocycles. The first-order valence-electron chi connectivity index (χ1n) is 8.77. The van der Waals surface area contributed by atoms with E-state index in [-0.39, 0.29) is 5.91 Å². The number of benzene rings is 1. The molecule has 0 aliphatic carbocycles. The van der Waals surface area contributed by atoms with Gasteiger partial charge in [-0.15, -0.1) is 0 Å². The number of aryl methyl sites for hydroxylation is 2. The van der Waals surface area contributed by atoms with E-state index in [4.69, 9.17) is 10.3 Å². The minimum absolute atomic E-state index is 0.243. The van der Waals surface area contributed by atoms with Crippen molar-refractivity contribution >= 4 is 11.8 Å². The molecule has 2 aromatic rings. The molecular weight excluding hydrogens is 332 g/mol. The van der Waals surface area contributed by atoms with Crippen LogP contribution in [0.1, 0.15) is 27.4 Å². The van der Waals surface area contributed by atoms with Gasteiger partial charge in [-0.25, -0.2) is 0 Å². The van der Waals surface area contributed by atoms with Gasteiger partial charge in [-0.3, -0.25) is 14.5 Å². The Hall–Kier alpha value is -2.67. The molecule has 1 unspecified atom stereocenters. The zero-order valence-corrected chi connectivity index (χ0v) is 15.1. The molecule has 0 bridgehead atoms. The summed E-state index contributed by atoms with van der Waals surface area (Å²) in [4.78, 5) is 28.6. The van der Waals surface area contributed by atoms with Crippen molar-refractivity contribution in [2.75, 3.05) is 26.2 Å². The standard InChI is InChI=1S/C19H24N4O3/c1-13-17(14(2)26-21-13)19(25)23-11-10-22(12-16(23)18(20)24)9-8-15-6-4-3-5-7-15/h3-7,16H,8-12H2,1-2H3,(H2,20,24). The number of aromatic nitrogens is 1. The van der Waals surface area contributed by atoms with Crippen LogP contribution in [0, 0.1) is 13.8 Å². The number of hydrogen-bond acceptors (Lipinski definition) is 5. The summed E-state index contributed by atoms with van der Waals surface area (Å²) in [7, 11) is 0. The van der Waals surface area contributed by atoms with E-state index >= 15 is 0 Å². The number of piperazine rings is 1. The van der Waals surface area contributed by atoms with Crippen LogP contribution in [0.4, 0.5) is 0 Å². The maximum Gasteiger partial charge on any atom is 0.260 e. The Morgan fingerprint density at radius 1 is 1.23 bits per heavy atom. The number of carbonyl (C=O) groups excluding carboxylic acids is 2. The summed E-state index contributed by atoms with van der Waals surface area (Å²) >= 11 is 0. The number of primary amides is 1. The van der Waals surface area contributed by atoms with E-state index in [2.05, 4.69) is 22.2 Å². The van der Waals surface area contributed by atoms with E-state index in [0.717, 1.165) is 13.0 Å². The van der Waals surface area contributed by atoms with Gasteiger partial charge in [0.1, 0.15) is 17.4 Å². The fraction of sp³-hybridized carbons (Fsp3) is 0.421. The van der Waals surface area contributed by atoms with E-state index in [1.165, 1.54) is 5.56 Å². The van der Waals surface area contributed by atoms with Crippen LogP contribution in [-0.4, -0.2) is 59.0 Å². The van der Waals surface area contributed by atoms with Crippen molar-refractivity contribution in [2.24, 2.45) is 5.73 Å². The van der Waals surface area contributed by atoms with Gasteiger partial charge in [0.05, 0.1) is 5.69 Å². The number of nitrogens with zero attached hydrogens (tertiary/aromatic N) is 3. The SMILES string of the molecule is Cc1noc(C)c1C(=O)N1CCN(CCc2ccccc2)CC1C(N)=O. The number of carbonyl (C=O) groups is 2. The lowest BCUT2D eigenvalue weighted by Gasteiger charge is -2.39. The molecule has 1 saturated heterocycles. The zero-order chi connectivity index (χ0) is 18.7. The summed E-state index contributed by atoms with van der Waals surface area (Å²) in [6.45, 7) is 5.83. The summed E-state index contributed by atoms with van der Waals surface area (Å²) in [5.74, 6) is -0.274. The second kappa shape index (κ2) is 7.70. The summed E-state index contributed by atoms with van der Waals surface area (Å²) in [6.07, 6.45) is 0.893. The lowest BCUT2D eigenvalue weighted by atomic mass is 10.1. The van der Waals surface area contributed by atoms with Crippen molar-refractivity contribution in [3.05, 3.63) is 52.9 Å². The van der Waals surface area contributed by atoms with Crippen molar-refractivity contribution in [3.63, 3.8) is 0 Å². The van der Waals surface area contributed by atoms with Gasteiger partial charge in [0.2, 0.25) is 5.91 Å². The van der Waals surface area contributed by atoms with Gasteiger partial charge in [-0.2, -0.15) is 0 Å². The molecule has 3 rings (SSSR count). The number of hydrogen-bond donors (Lipinski definition) is 1. The highest BCUT2D eigenvalue weighted by molar-refractivity contribution is 5.99. The first kappa shape index (κ1) is 18.1. The third-order valence-corrected chi connectivity index (χ3v) is 4.86. The molecule has 1 aliphatic rings. The lowest BCUT2D eigenvalue weighted by Crippen LogP contribution is -2.60. The van der Waals surface area contributed by atoms with Crippen LogP contribution in [0.3, 0.4) is 0 Å². The van der Waals surface area contributed by atoms with Crippen LogP contribution in [-0.2, 0) is 11.2 Å². The lowest BCUT2D eigenvalue weighted by molar-refractivity contribution is -0.124. The molecule has 7 heteroatoms. The van der Waals surface area contributed by atoms with Gasteiger partial charge >= 0.3 is 0 Å². The maximum atomic E-state index is 12.9. The molecule has 1 fully saturated rings. The molecule has 7 nitrogen and oxygen atoms in total. The van der Waals surface area contributed by atoms with E-state index < -0.39 is 11.9 Å². The van der Waals surface area contributed by atoms with E-state index in [0.29, 0.717) is 36.7 Å². The predicted molar refractivity (Wildman–Crippen MR) is 96.6 cm³/mol. The Bertz CT molecular complexity index is 768. The zero-order valence-electron chi connectivity index (χ0n) is 15.1. The number of nitrogens with two attached hydrogens (primary N) is 1. The Morgan fingerprint density at radius 3 is 2.58 bits per heavy atom. The van der Waals surface area contributed by atoms with Crippen molar-refractivity contribution in [1.82, 2.24) is 15.0 Å². The van der Waals surface area contributed by atoms with Gasteiger partial charge in [-0.1, -0.05) is 35.5 Å². The Kier molecular flexibility index (Phi) is 5.37. The molecule has 26 heavy (non-hydrogen) atoms. The second-order valence-electron chi connectivity index (χ2n) is 6.65. The monoisotopic (exact) mass is 356 g/mol. The second-order valence-corrected chi connectivity index (χ2v) is 6.65. The summed E-state index contributed by atoms with van der Waals surface area (Å²) in [5.41, 5.74) is 7.80. The van der Waals surface area contributed by atoms with Crippen molar-refractivity contribution in [1.29, 1.82) is 0 Å². The van der Waals surface area contributed by atoms with Gasteiger partial charge < -0.3 is 15.2 Å². The van der Waals surface area contributed by atoms with Gasteiger partial charge in [0.25, 0.3) is 5.91 Å². The van der Waals surface area contributed by atoms with Crippen LogP contribution < -0.4 is 5.73 Å². The highest BCUT2D eigenvalue weighted by atomic mass is 16.5. The van der Waals surface area contributed by atoms with E-state index in [1.54, 1.807) is 18.7 Å². The minimum Gasteiger partial charge on any atom is -0.368 e. The van der Waals surface area contributed by atoms with Crippen molar-refractivity contribution < 1.29 is 14.1 Å². The fourth-order valence-corrected chi connectivity index (χ4v) is 3.39. The molecule has 0 spiro atoms. The Morgan fingerprint density at radius 2 is 1.96 bits per heavy atom. The predicted octanol–water partition coefficient (Wildman–Crippen LogP) is 1.15. The molecule has 0 radical (unpaired) electrons. The summed E-state index contributed by atoms with van der Waals surface area (Å²) < 4.78 is 5.09. The topological polar surface area (TPSA) is 92.7 Å². The third-order valence-electron chi connectivity index (χ3n) is 4.86. The van der Waals surface area contributed by atoms with Crippen LogP contribution >= 0.6 is 0 Å². The summed E-state index contributed by atoms with van der Waals surface area (Å²) in [6, 6.07) is 9.54. The highest BCUT2D eigenvalue weighted by Gasteiger charge is 2.36.